The summed E-state index contributed by atoms with van der Waals surface area (Å²) in [5.74, 6) is -0.187. The molecule has 0 aliphatic heterocycles. The molecule has 0 saturated heterocycles. The zero-order valence-electron chi connectivity index (χ0n) is 11.8. The van der Waals surface area contributed by atoms with E-state index < -0.39 is 0 Å². The van der Waals surface area contributed by atoms with Gasteiger partial charge in [0.1, 0.15) is 0 Å². The Bertz CT molecular complexity index is 510. The topological polar surface area (TPSA) is 66.4 Å². The van der Waals surface area contributed by atoms with Crippen LogP contribution in [-0.2, 0) is 17.6 Å². The van der Waals surface area contributed by atoms with Crippen LogP contribution in [0.5, 0.6) is 0 Å². The molecule has 0 bridgehead atoms. The van der Waals surface area contributed by atoms with Crippen LogP contribution in [-0.4, -0.2) is 29.4 Å². The Balaban J connectivity index is 1.87. The van der Waals surface area contributed by atoms with E-state index in [4.69, 9.17) is 5.11 Å². The van der Waals surface area contributed by atoms with Crippen LogP contribution in [0.15, 0.2) is 18.2 Å². The van der Waals surface area contributed by atoms with Crippen LogP contribution in [0.2, 0.25) is 0 Å². The predicted molar refractivity (Wildman–Crippen MR) is 76.7 cm³/mol. The van der Waals surface area contributed by atoms with Gasteiger partial charge in [-0.3, -0.25) is 9.59 Å². The zero-order chi connectivity index (χ0) is 14.5. The third-order valence-corrected chi connectivity index (χ3v) is 3.68. The van der Waals surface area contributed by atoms with Crippen LogP contribution in [0.4, 0.5) is 0 Å². The summed E-state index contributed by atoms with van der Waals surface area (Å²) in [7, 11) is 0. The predicted octanol–water partition coefficient (Wildman–Crippen LogP) is 1.64. The number of aliphatic hydroxyl groups excluding tert-OH is 1. The lowest BCUT2D eigenvalue weighted by molar-refractivity contribution is -0.121. The maximum Gasteiger partial charge on any atom is 0.220 e. The fourth-order valence-corrected chi connectivity index (χ4v) is 2.51. The molecule has 1 aromatic carbocycles. The van der Waals surface area contributed by atoms with E-state index in [-0.39, 0.29) is 37.2 Å². The molecule has 1 amide bonds. The van der Waals surface area contributed by atoms with Crippen molar-refractivity contribution < 1.29 is 14.7 Å². The van der Waals surface area contributed by atoms with Crippen molar-refractivity contribution in [2.75, 3.05) is 6.61 Å². The van der Waals surface area contributed by atoms with Crippen molar-refractivity contribution in [3.05, 3.63) is 34.9 Å². The molecule has 0 radical (unpaired) electrons. The van der Waals surface area contributed by atoms with Crippen molar-refractivity contribution in [3.8, 4) is 0 Å². The lowest BCUT2D eigenvalue weighted by atomic mass is 10.0. The molecule has 108 valence electrons. The van der Waals surface area contributed by atoms with Gasteiger partial charge in [0.2, 0.25) is 5.91 Å². The molecule has 4 nitrogen and oxygen atoms in total. The smallest absolute Gasteiger partial charge is 0.220 e. The molecule has 1 aliphatic carbocycles. The first-order valence-electron chi connectivity index (χ1n) is 7.15. The van der Waals surface area contributed by atoms with Crippen molar-refractivity contribution >= 4 is 11.7 Å². The largest absolute Gasteiger partial charge is 0.394 e. The van der Waals surface area contributed by atoms with E-state index in [0.29, 0.717) is 5.56 Å². The Labute approximate surface area is 119 Å². The van der Waals surface area contributed by atoms with Crippen LogP contribution in [0.25, 0.3) is 0 Å². The quantitative estimate of drug-likeness (QED) is 0.776. The maximum atomic E-state index is 12.1. The Morgan fingerprint density at radius 3 is 2.75 bits per heavy atom. The molecule has 2 rings (SSSR count). The van der Waals surface area contributed by atoms with Crippen molar-refractivity contribution in [3.63, 3.8) is 0 Å². The molecule has 1 unspecified atom stereocenters. The average molecular weight is 275 g/mol. The molecule has 2 N–H and O–H groups in total. The highest BCUT2D eigenvalue weighted by Gasteiger charge is 2.15. The first kappa shape index (κ1) is 14.7. The van der Waals surface area contributed by atoms with Gasteiger partial charge in [0.05, 0.1) is 6.61 Å². The number of carbonyl (C=O) groups is 2. The SMILES string of the molecule is CC(CO)NC(=O)CCC(=O)c1ccc2c(c1)CCC2. The van der Waals surface area contributed by atoms with E-state index in [9.17, 15) is 9.59 Å². The van der Waals surface area contributed by atoms with Crippen molar-refractivity contribution in [1.82, 2.24) is 5.32 Å². The van der Waals surface area contributed by atoms with Crippen LogP contribution in [0.3, 0.4) is 0 Å². The summed E-state index contributed by atoms with van der Waals surface area (Å²) in [6.45, 7) is 1.63. The number of hydrogen-bond acceptors (Lipinski definition) is 3. The van der Waals surface area contributed by atoms with Crippen molar-refractivity contribution in [1.29, 1.82) is 0 Å². The molecular weight excluding hydrogens is 254 g/mol. The molecule has 1 aromatic rings. The fraction of sp³-hybridized carbons (Fsp3) is 0.500. The minimum Gasteiger partial charge on any atom is -0.394 e. The minimum atomic E-state index is -0.266. The molecule has 4 heteroatoms. The first-order valence-corrected chi connectivity index (χ1v) is 7.15. The highest BCUT2D eigenvalue weighted by Crippen LogP contribution is 2.23. The molecule has 1 atom stereocenters. The standard InChI is InChI=1S/C16H21NO3/c1-11(10-18)17-16(20)8-7-15(19)14-6-5-12-3-2-4-13(12)9-14/h5-6,9,11,18H,2-4,7-8,10H2,1H3,(H,17,20). The summed E-state index contributed by atoms with van der Waals surface area (Å²) < 4.78 is 0. The Kier molecular flexibility index (Phi) is 4.90. The number of fused-ring (bicyclic) bond motifs is 1. The highest BCUT2D eigenvalue weighted by atomic mass is 16.3. The van der Waals surface area contributed by atoms with E-state index in [1.165, 1.54) is 11.1 Å². The molecule has 0 aromatic heterocycles. The number of hydrogen-bond donors (Lipinski definition) is 2. The summed E-state index contributed by atoms with van der Waals surface area (Å²) in [5, 5.41) is 11.5. The first-order chi connectivity index (χ1) is 9.60. The van der Waals surface area contributed by atoms with Crippen LogP contribution < -0.4 is 5.32 Å². The number of nitrogens with one attached hydrogen (secondary N) is 1. The number of Topliss-reactive ketones (excluding diaryl/α,β-unsaturated/α-hetero) is 1. The van der Waals surface area contributed by atoms with E-state index in [0.717, 1.165) is 19.3 Å². The summed E-state index contributed by atoms with van der Waals surface area (Å²) >= 11 is 0. The van der Waals surface area contributed by atoms with Gasteiger partial charge in [0.25, 0.3) is 0 Å². The lowest BCUT2D eigenvalue weighted by Crippen LogP contribution is -2.35. The van der Waals surface area contributed by atoms with E-state index in [2.05, 4.69) is 5.32 Å². The summed E-state index contributed by atoms with van der Waals surface area (Å²) in [4.78, 5) is 23.6. The van der Waals surface area contributed by atoms with Gasteiger partial charge in [-0.1, -0.05) is 12.1 Å². The Morgan fingerprint density at radius 2 is 2.00 bits per heavy atom. The second-order valence-electron chi connectivity index (χ2n) is 5.41. The average Bonchev–Trinajstić information content (AvgIpc) is 2.91. The van der Waals surface area contributed by atoms with Crippen molar-refractivity contribution in [2.45, 2.75) is 45.1 Å². The Hall–Kier alpha value is -1.68. The van der Waals surface area contributed by atoms with Crippen molar-refractivity contribution in [2.24, 2.45) is 0 Å². The van der Waals surface area contributed by atoms with E-state index in [1.54, 1.807) is 6.92 Å². The monoisotopic (exact) mass is 275 g/mol. The summed E-state index contributed by atoms with van der Waals surface area (Å²) in [6, 6.07) is 5.60. The number of aryl methyl sites for hydroxylation is 2. The van der Waals surface area contributed by atoms with Crippen LogP contribution >= 0.6 is 0 Å². The van der Waals surface area contributed by atoms with Gasteiger partial charge in [-0.15, -0.1) is 0 Å². The number of carbonyl (C=O) groups excluding carboxylic acids is 2. The van der Waals surface area contributed by atoms with E-state index >= 15 is 0 Å². The fourth-order valence-electron chi connectivity index (χ4n) is 2.51. The van der Waals surface area contributed by atoms with Gasteiger partial charge in [-0.2, -0.15) is 0 Å². The zero-order valence-corrected chi connectivity index (χ0v) is 11.8. The molecular formula is C16H21NO3. The summed E-state index contributed by atoms with van der Waals surface area (Å²) in [5.41, 5.74) is 3.32. The van der Waals surface area contributed by atoms with Crippen LogP contribution in [0, 0.1) is 0 Å². The number of amides is 1. The Morgan fingerprint density at radius 1 is 1.25 bits per heavy atom. The van der Waals surface area contributed by atoms with Gasteiger partial charge in [-0.25, -0.2) is 0 Å². The third kappa shape index (κ3) is 3.67. The molecule has 0 saturated carbocycles. The molecule has 0 fully saturated rings. The lowest BCUT2D eigenvalue weighted by Gasteiger charge is -2.10. The molecule has 0 heterocycles. The third-order valence-electron chi connectivity index (χ3n) is 3.68. The number of aliphatic hydroxyl groups is 1. The normalized spacial score (nSPS) is 14.7. The summed E-state index contributed by atoms with van der Waals surface area (Å²) in [6.07, 6.45) is 3.69. The van der Waals surface area contributed by atoms with Gasteiger partial charge >= 0.3 is 0 Å². The van der Waals surface area contributed by atoms with Gasteiger partial charge in [-0.05, 0) is 43.4 Å². The molecule has 20 heavy (non-hydrogen) atoms. The second-order valence-corrected chi connectivity index (χ2v) is 5.41. The number of ketones is 1. The highest BCUT2D eigenvalue weighted by molar-refractivity contribution is 5.98. The van der Waals surface area contributed by atoms with Gasteiger partial charge < -0.3 is 10.4 Å². The van der Waals surface area contributed by atoms with E-state index in [1.807, 2.05) is 18.2 Å². The molecule has 1 aliphatic rings. The minimum absolute atomic E-state index is 0.00602. The van der Waals surface area contributed by atoms with Crippen LogP contribution in [0.1, 0.15) is 47.7 Å². The molecule has 0 spiro atoms. The van der Waals surface area contributed by atoms with Gasteiger partial charge in [0.15, 0.2) is 5.78 Å². The second kappa shape index (κ2) is 6.66. The van der Waals surface area contributed by atoms with Gasteiger partial charge in [0, 0.05) is 24.4 Å². The number of benzene rings is 1. The maximum absolute atomic E-state index is 12.1. The number of rotatable bonds is 6.